The molecular formula is C18H25N5OS. The van der Waals surface area contributed by atoms with Crippen molar-refractivity contribution in [2.24, 2.45) is 0 Å². The van der Waals surface area contributed by atoms with Crippen molar-refractivity contribution >= 4 is 17.2 Å². The van der Waals surface area contributed by atoms with Crippen LogP contribution in [0.15, 0.2) is 16.8 Å². The zero-order valence-electron chi connectivity index (χ0n) is 14.7. The number of hydrogen-bond acceptors (Lipinski definition) is 5. The minimum atomic E-state index is 0.103. The molecule has 2 aromatic rings. The summed E-state index contributed by atoms with van der Waals surface area (Å²) in [5.41, 5.74) is 1.37. The van der Waals surface area contributed by atoms with Crippen molar-refractivity contribution in [2.75, 3.05) is 13.1 Å². The molecular weight excluding hydrogens is 334 g/mol. The van der Waals surface area contributed by atoms with Crippen molar-refractivity contribution in [1.82, 2.24) is 24.6 Å². The van der Waals surface area contributed by atoms with Gasteiger partial charge in [0, 0.05) is 32.6 Å². The third-order valence-electron chi connectivity index (χ3n) is 5.27. The number of thiophene rings is 1. The van der Waals surface area contributed by atoms with Crippen LogP contribution in [0.25, 0.3) is 0 Å². The molecule has 4 rings (SSSR count). The van der Waals surface area contributed by atoms with Gasteiger partial charge in [0.25, 0.3) is 0 Å². The fraction of sp³-hybridized carbons (Fsp3) is 0.611. The Morgan fingerprint density at radius 2 is 2.20 bits per heavy atom. The maximum absolute atomic E-state index is 12.3. The SMILES string of the molecule is CCC(=O)N1CCCCC1c1nnc2n1CCN(Cc1ccsc1)C2. The van der Waals surface area contributed by atoms with Crippen LogP contribution in [0, 0.1) is 0 Å². The zero-order valence-corrected chi connectivity index (χ0v) is 15.5. The molecule has 1 amide bonds. The second-order valence-corrected chi connectivity index (χ2v) is 7.70. The number of likely N-dealkylation sites (tertiary alicyclic amines) is 1. The third-order valence-corrected chi connectivity index (χ3v) is 6.00. The van der Waals surface area contributed by atoms with Gasteiger partial charge in [0.2, 0.25) is 5.91 Å². The Morgan fingerprint density at radius 3 is 3.00 bits per heavy atom. The highest BCUT2D eigenvalue weighted by atomic mass is 32.1. The van der Waals surface area contributed by atoms with E-state index in [2.05, 4.69) is 36.5 Å². The van der Waals surface area contributed by atoms with Crippen LogP contribution >= 0.6 is 11.3 Å². The zero-order chi connectivity index (χ0) is 17.2. The fourth-order valence-electron chi connectivity index (χ4n) is 3.95. The lowest BCUT2D eigenvalue weighted by atomic mass is 10.0. The number of rotatable bonds is 4. The van der Waals surface area contributed by atoms with Gasteiger partial charge in [-0.05, 0) is 41.7 Å². The summed E-state index contributed by atoms with van der Waals surface area (Å²) in [7, 11) is 0. The molecule has 1 fully saturated rings. The third kappa shape index (κ3) is 3.35. The molecule has 7 heteroatoms. The lowest BCUT2D eigenvalue weighted by molar-refractivity contribution is -0.135. The lowest BCUT2D eigenvalue weighted by Gasteiger charge is -2.36. The Labute approximate surface area is 152 Å². The summed E-state index contributed by atoms with van der Waals surface area (Å²) in [6.45, 7) is 6.50. The largest absolute Gasteiger partial charge is 0.332 e. The number of carbonyl (C=O) groups is 1. The van der Waals surface area contributed by atoms with E-state index >= 15 is 0 Å². The number of hydrogen-bond donors (Lipinski definition) is 0. The predicted octanol–water partition coefficient (Wildman–Crippen LogP) is 2.82. The topological polar surface area (TPSA) is 54.3 Å². The first-order valence-corrected chi connectivity index (χ1v) is 10.2. The normalized spacial score (nSPS) is 21.3. The van der Waals surface area contributed by atoms with E-state index in [1.54, 1.807) is 11.3 Å². The van der Waals surface area contributed by atoms with Crippen molar-refractivity contribution in [2.45, 2.75) is 58.3 Å². The van der Waals surface area contributed by atoms with Crippen LogP contribution in [0.2, 0.25) is 0 Å². The average Bonchev–Trinajstić information content (AvgIpc) is 3.30. The molecule has 25 heavy (non-hydrogen) atoms. The highest BCUT2D eigenvalue weighted by Gasteiger charge is 2.33. The summed E-state index contributed by atoms with van der Waals surface area (Å²) in [6, 6.07) is 2.29. The average molecular weight is 359 g/mol. The molecule has 0 N–H and O–H groups in total. The van der Waals surface area contributed by atoms with Gasteiger partial charge in [-0.1, -0.05) is 6.92 Å². The smallest absolute Gasteiger partial charge is 0.222 e. The molecule has 134 valence electrons. The van der Waals surface area contributed by atoms with Gasteiger partial charge >= 0.3 is 0 Å². The molecule has 6 nitrogen and oxygen atoms in total. The molecule has 0 spiro atoms. The first-order valence-electron chi connectivity index (χ1n) is 9.21. The Morgan fingerprint density at radius 1 is 1.28 bits per heavy atom. The van der Waals surface area contributed by atoms with Crippen molar-refractivity contribution in [3.63, 3.8) is 0 Å². The minimum Gasteiger partial charge on any atom is -0.332 e. The second kappa shape index (κ2) is 7.25. The Balaban J connectivity index is 1.52. The summed E-state index contributed by atoms with van der Waals surface area (Å²) in [5, 5.41) is 13.3. The molecule has 0 saturated carbocycles. The van der Waals surface area contributed by atoms with Gasteiger partial charge in [0.05, 0.1) is 12.6 Å². The lowest BCUT2D eigenvalue weighted by Crippen LogP contribution is -2.40. The first-order chi connectivity index (χ1) is 12.3. The Kier molecular flexibility index (Phi) is 4.85. The standard InChI is InChI=1S/C18H25N5OS/c1-2-17(24)22-7-4-3-5-15(22)18-20-19-16-12-21(8-9-23(16)18)11-14-6-10-25-13-14/h6,10,13,15H,2-5,7-9,11-12H2,1H3. The van der Waals surface area contributed by atoms with Crippen LogP contribution in [0.3, 0.4) is 0 Å². The van der Waals surface area contributed by atoms with E-state index in [-0.39, 0.29) is 11.9 Å². The number of fused-ring (bicyclic) bond motifs is 1. The van der Waals surface area contributed by atoms with E-state index < -0.39 is 0 Å². The molecule has 4 heterocycles. The van der Waals surface area contributed by atoms with Crippen molar-refractivity contribution in [1.29, 1.82) is 0 Å². The monoisotopic (exact) mass is 359 g/mol. The highest BCUT2D eigenvalue weighted by Crippen LogP contribution is 2.31. The van der Waals surface area contributed by atoms with Gasteiger partial charge in [-0.15, -0.1) is 10.2 Å². The Hall–Kier alpha value is -1.73. The molecule has 2 aliphatic heterocycles. The van der Waals surface area contributed by atoms with Gasteiger partial charge in [-0.3, -0.25) is 9.69 Å². The number of aromatic nitrogens is 3. The molecule has 2 aromatic heterocycles. The molecule has 1 unspecified atom stereocenters. The predicted molar refractivity (Wildman–Crippen MR) is 97.1 cm³/mol. The molecule has 1 atom stereocenters. The quantitative estimate of drug-likeness (QED) is 0.842. The summed E-state index contributed by atoms with van der Waals surface area (Å²) >= 11 is 1.74. The molecule has 0 bridgehead atoms. The van der Waals surface area contributed by atoms with E-state index in [0.717, 1.165) is 63.6 Å². The number of nitrogens with zero attached hydrogens (tertiary/aromatic N) is 5. The second-order valence-electron chi connectivity index (χ2n) is 6.92. The van der Waals surface area contributed by atoms with Crippen molar-refractivity contribution in [3.05, 3.63) is 34.0 Å². The summed E-state index contributed by atoms with van der Waals surface area (Å²) in [6.07, 6.45) is 3.82. The van der Waals surface area contributed by atoms with Gasteiger partial charge in [-0.25, -0.2) is 0 Å². The van der Waals surface area contributed by atoms with Crippen molar-refractivity contribution < 1.29 is 4.79 Å². The summed E-state index contributed by atoms with van der Waals surface area (Å²) < 4.78 is 2.26. The van der Waals surface area contributed by atoms with Crippen LogP contribution in [-0.2, 0) is 24.4 Å². The van der Waals surface area contributed by atoms with E-state index in [1.807, 2.05) is 11.8 Å². The molecule has 2 aliphatic rings. The molecule has 0 aromatic carbocycles. The van der Waals surface area contributed by atoms with Crippen LogP contribution in [0.1, 0.15) is 55.9 Å². The summed E-state index contributed by atoms with van der Waals surface area (Å²) in [5.74, 6) is 2.26. The number of carbonyl (C=O) groups excluding carboxylic acids is 1. The first kappa shape index (κ1) is 16.7. The highest BCUT2D eigenvalue weighted by molar-refractivity contribution is 7.07. The van der Waals surface area contributed by atoms with Gasteiger partial charge < -0.3 is 9.47 Å². The number of amides is 1. The van der Waals surface area contributed by atoms with E-state index in [0.29, 0.717) is 6.42 Å². The fourth-order valence-corrected chi connectivity index (χ4v) is 4.61. The van der Waals surface area contributed by atoms with E-state index in [4.69, 9.17) is 0 Å². The molecule has 0 radical (unpaired) electrons. The molecule has 0 aliphatic carbocycles. The summed E-state index contributed by atoms with van der Waals surface area (Å²) in [4.78, 5) is 16.8. The maximum atomic E-state index is 12.3. The Bertz CT molecular complexity index is 726. The maximum Gasteiger partial charge on any atom is 0.222 e. The number of piperidine rings is 1. The van der Waals surface area contributed by atoms with Crippen LogP contribution in [0.4, 0.5) is 0 Å². The van der Waals surface area contributed by atoms with Gasteiger partial charge in [0.15, 0.2) is 5.82 Å². The van der Waals surface area contributed by atoms with Crippen LogP contribution < -0.4 is 0 Å². The molecule has 1 saturated heterocycles. The van der Waals surface area contributed by atoms with Crippen LogP contribution in [-0.4, -0.2) is 43.6 Å². The van der Waals surface area contributed by atoms with Gasteiger partial charge in [-0.2, -0.15) is 11.3 Å². The van der Waals surface area contributed by atoms with E-state index in [9.17, 15) is 4.79 Å². The minimum absolute atomic E-state index is 0.103. The van der Waals surface area contributed by atoms with Gasteiger partial charge in [0.1, 0.15) is 5.82 Å². The van der Waals surface area contributed by atoms with E-state index in [1.165, 1.54) is 5.56 Å². The van der Waals surface area contributed by atoms with Crippen molar-refractivity contribution in [3.8, 4) is 0 Å². The van der Waals surface area contributed by atoms with Crippen LogP contribution in [0.5, 0.6) is 0 Å².